The van der Waals surface area contributed by atoms with Gasteiger partial charge in [0.2, 0.25) is 5.91 Å². The van der Waals surface area contributed by atoms with E-state index in [-0.39, 0.29) is 16.9 Å². The van der Waals surface area contributed by atoms with Crippen molar-refractivity contribution in [1.82, 2.24) is 19.9 Å². The molecule has 0 fully saturated rings. The monoisotopic (exact) mass is 292 g/mol. The molecule has 0 saturated heterocycles. The number of aromatic nitrogens is 3. The lowest BCUT2D eigenvalue weighted by Crippen LogP contribution is -2.42. The first-order chi connectivity index (χ1) is 9.60. The van der Waals surface area contributed by atoms with Crippen LogP contribution in [0.5, 0.6) is 0 Å². The molecule has 1 amide bonds. The summed E-state index contributed by atoms with van der Waals surface area (Å²) in [5.41, 5.74) is 1.94. The Kier molecular flexibility index (Phi) is 4.13. The highest BCUT2D eigenvalue weighted by atomic mass is 16.2. The summed E-state index contributed by atoms with van der Waals surface area (Å²) >= 11 is 0. The molecule has 0 spiro atoms. The maximum absolute atomic E-state index is 12.4. The first-order valence-corrected chi connectivity index (χ1v) is 7.84. The van der Waals surface area contributed by atoms with Gasteiger partial charge in [-0.3, -0.25) is 4.79 Å². The van der Waals surface area contributed by atoms with Crippen LogP contribution in [0.15, 0.2) is 0 Å². The van der Waals surface area contributed by atoms with E-state index in [4.69, 9.17) is 0 Å². The molecule has 2 heterocycles. The summed E-state index contributed by atoms with van der Waals surface area (Å²) < 4.78 is 2.05. The Bertz CT molecular complexity index is 519. The van der Waals surface area contributed by atoms with Crippen LogP contribution in [-0.4, -0.2) is 38.9 Å². The summed E-state index contributed by atoms with van der Waals surface area (Å²) in [5, 5.41) is 8.69. The summed E-state index contributed by atoms with van der Waals surface area (Å²) in [7, 11) is 0. The zero-order valence-electron chi connectivity index (χ0n) is 14.2. The zero-order valence-corrected chi connectivity index (χ0v) is 14.2. The molecule has 5 nitrogen and oxygen atoms in total. The van der Waals surface area contributed by atoms with Crippen molar-refractivity contribution in [3.05, 3.63) is 11.4 Å². The van der Waals surface area contributed by atoms with Crippen LogP contribution < -0.4 is 0 Å². The summed E-state index contributed by atoms with van der Waals surface area (Å²) in [6.45, 7) is 14.0. The highest BCUT2D eigenvalue weighted by molar-refractivity contribution is 5.81. The van der Waals surface area contributed by atoms with Crippen molar-refractivity contribution in [3.63, 3.8) is 0 Å². The van der Waals surface area contributed by atoms with Crippen LogP contribution in [0.25, 0.3) is 0 Å². The SMILES string of the molecule is CC(C)(C)C(=O)N1CCCc2c(nnn2C(C)(C)C)CC1. The second-order valence-corrected chi connectivity index (χ2v) is 7.96. The van der Waals surface area contributed by atoms with Crippen molar-refractivity contribution in [2.75, 3.05) is 13.1 Å². The van der Waals surface area contributed by atoms with Crippen LogP contribution in [-0.2, 0) is 23.2 Å². The average Bonchev–Trinajstić information content (AvgIpc) is 2.69. The molecule has 21 heavy (non-hydrogen) atoms. The van der Waals surface area contributed by atoms with E-state index in [1.54, 1.807) is 0 Å². The maximum Gasteiger partial charge on any atom is 0.227 e. The number of fused-ring (bicyclic) bond motifs is 1. The molecule has 0 unspecified atom stereocenters. The molecule has 118 valence electrons. The van der Waals surface area contributed by atoms with Crippen molar-refractivity contribution in [1.29, 1.82) is 0 Å². The van der Waals surface area contributed by atoms with E-state index in [1.165, 1.54) is 5.69 Å². The van der Waals surface area contributed by atoms with Gasteiger partial charge in [-0.2, -0.15) is 0 Å². The van der Waals surface area contributed by atoms with Crippen LogP contribution in [0.3, 0.4) is 0 Å². The van der Waals surface area contributed by atoms with Gasteiger partial charge in [0.25, 0.3) is 0 Å². The number of carbonyl (C=O) groups excluding carboxylic acids is 1. The number of nitrogens with zero attached hydrogens (tertiary/aromatic N) is 4. The van der Waals surface area contributed by atoms with Gasteiger partial charge in [0.15, 0.2) is 0 Å². The van der Waals surface area contributed by atoms with E-state index in [9.17, 15) is 4.79 Å². The van der Waals surface area contributed by atoms with Crippen molar-refractivity contribution in [2.45, 2.75) is 66.3 Å². The third-order valence-electron chi connectivity index (χ3n) is 3.87. The quantitative estimate of drug-likeness (QED) is 0.738. The number of carbonyl (C=O) groups is 1. The topological polar surface area (TPSA) is 51.0 Å². The smallest absolute Gasteiger partial charge is 0.227 e. The molecule has 1 aliphatic rings. The summed E-state index contributed by atoms with van der Waals surface area (Å²) in [6, 6.07) is 0. The fraction of sp³-hybridized carbons (Fsp3) is 0.812. The molecule has 0 radical (unpaired) electrons. The predicted octanol–water partition coefficient (Wildman–Crippen LogP) is 2.40. The molecule has 0 aliphatic carbocycles. The normalized spacial score (nSPS) is 17.1. The van der Waals surface area contributed by atoms with Gasteiger partial charge in [-0.25, -0.2) is 4.68 Å². The van der Waals surface area contributed by atoms with Crippen molar-refractivity contribution in [3.8, 4) is 0 Å². The van der Waals surface area contributed by atoms with Crippen LogP contribution in [0.4, 0.5) is 0 Å². The van der Waals surface area contributed by atoms with Gasteiger partial charge >= 0.3 is 0 Å². The standard InChI is InChI=1S/C16H28N4O/c1-15(2,3)14(21)19-10-7-8-13-12(9-11-19)17-18-20(13)16(4,5)6/h7-11H2,1-6H3. The van der Waals surface area contributed by atoms with E-state index in [2.05, 4.69) is 31.1 Å². The minimum atomic E-state index is -0.314. The van der Waals surface area contributed by atoms with Crippen molar-refractivity contribution >= 4 is 5.91 Å². The van der Waals surface area contributed by atoms with E-state index < -0.39 is 0 Å². The third kappa shape index (κ3) is 3.44. The Morgan fingerprint density at radius 2 is 1.71 bits per heavy atom. The molecule has 0 aromatic carbocycles. The van der Waals surface area contributed by atoms with Gasteiger partial charge in [0.05, 0.1) is 16.9 Å². The lowest BCUT2D eigenvalue weighted by molar-refractivity contribution is -0.139. The van der Waals surface area contributed by atoms with Crippen molar-refractivity contribution < 1.29 is 4.79 Å². The van der Waals surface area contributed by atoms with Crippen LogP contribution in [0.2, 0.25) is 0 Å². The lowest BCUT2D eigenvalue weighted by Gasteiger charge is -2.31. The van der Waals surface area contributed by atoms with E-state index >= 15 is 0 Å². The molecule has 1 aliphatic heterocycles. The average molecular weight is 292 g/mol. The largest absolute Gasteiger partial charge is 0.342 e. The highest BCUT2D eigenvalue weighted by Gasteiger charge is 2.29. The second kappa shape index (κ2) is 5.43. The minimum Gasteiger partial charge on any atom is -0.342 e. The van der Waals surface area contributed by atoms with E-state index in [0.717, 1.165) is 38.0 Å². The number of amides is 1. The Morgan fingerprint density at radius 1 is 1.05 bits per heavy atom. The summed E-state index contributed by atoms with van der Waals surface area (Å²) in [6.07, 6.45) is 2.71. The second-order valence-electron chi connectivity index (χ2n) is 7.96. The van der Waals surface area contributed by atoms with Crippen molar-refractivity contribution in [2.24, 2.45) is 5.41 Å². The number of rotatable bonds is 0. The summed E-state index contributed by atoms with van der Waals surface area (Å²) in [4.78, 5) is 14.4. The molecule has 0 atom stereocenters. The molecule has 1 aromatic heterocycles. The van der Waals surface area contributed by atoms with Gasteiger partial charge in [0, 0.05) is 24.9 Å². The molecule has 2 rings (SSSR count). The van der Waals surface area contributed by atoms with E-state index in [0.29, 0.717) is 0 Å². The molecular weight excluding hydrogens is 264 g/mol. The molecule has 1 aromatic rings. The van der Waals surface area contributed by atoms with Gasteiger partial charge in [0.1, 0.15) is 0 Å². The summed E-state index contributed by atoms with van der Waals surface area (Å²) in [5.74, 6) is 0.231. The zero-order chi connectivity index (χ0) is 15.8. The Hall–Kier alpha value is -1.39. The third-order valence-corrected chi connectivity index (χ3v) is 3.87. The number of hydrogen-bond acceptors (Lipinski definition) is 3. The van der Waals surface area contributed by atoms with Crippen LogP contribution in [0, 0.1) is 5.41 Å². The first kappa shape index (κ1) is 16.0. The molecule has 0 N–H and O–H groups in total. The molecular formula is C16H28N4O. The Labute approximate surface area is 127 Å². The fourth-order valence-corrected chi connectivity index (χ4v) is 2.78. The molecule has 0 saturated carbocycles. The molecule has 5 heteroatoms. The number of hydrogen-bond donors (Lipinski definition) is 0. The van der Waals surface area contributed by atoms with Crippen LogP contribution >= 0.6 is 0 Å². The predicted molar refractivity (Wildman–Crippen MR) is 83.1 cm³/mol. The Morgan fingerprint density at radius 3 is 2.29 bits per heavy atom. The van der Waals surface area contributed by atoms with E-state index in [1.807, 2.05) is 30.4 Å². The maximum atomic E-state index is 12.4. The highest BCUT2D eigenvalue weighted by Crippen LogP contribution is 2.23. The lowest BCUT2D eigenvalue weighted by atomic mass is 9.94. The van der Waals surface area contributed by atoms with Gasteiger partial charge < -0.3 is 4.90 Å². The Balaban J connectivity index is 2.19. The minimum absolute atomic E-state index is 0.0410. The van der Waals surface area contributed by atoms with Gasteiger partial charge in [-0.05, 0) is 33.6 Å². The molecule has 0 bridgehead atoms. The van der Waals surface area contributed by atoms with Gasteiger partial charge in [-0.1, -0.05) is 26.0 Å². The van der Waals surface area contributed by atoms with Gasteiger partial charge in [-0.15, -0.1) is 5.10 Å². The fourth-order valence-electron chi connectivity index (χ4n) is 2.78. The van der Waals surface area contributed by atoms with Crippen LogP contribution in [0.1, 0.15) is 59.4 Å². The first-order valence-electron chi connectivity index (χ1n) is 7.84.